The highest BCUT2D eigenvalue weighted by atomic mass is 79.9. The lowest BCUT2D eigenvalue weighted by Crippen LogP contribution is -2.06. The summed E-state index contributed by atoms with van der Waals surface area (Å²) in [6.45, 7) is 4.75. The van der Waals surface area contributed by atoms with Gasteiger partial charge in [0.2, 0.25) is 0 Å². The van der Waals surface area contributed by atoms with Gasteiger partial charge in [0, 0.05) is 6.54 Å². The number of rotatable bonds is 4. The first kappa shape index (κ1) is 13.3. The van der Waals surface area contributed by atoms with E-state index in [2.05, 4.69) is 29.8 Å². The second-order valence-electron chi connectivity index (χ2n) is 3.86. The van der Waals surface area contributed by atoms with Crippen molar-refractivity contribution >= 4 is 15.9 Å². The first-order valence-electron chi connectivity index (χ1n) is 5.20. The zero-order valence-electron chi connectivity index (χ0n) is 10.1. The van der Waals surface area contributed by atoms with Crippen LogP contribution in [0.3, 0.4) is 0 Å². The molecular formula is C12H18BrNO2. The number of hydrogen-bond donors (Lipinski definition) is 1. The summed E-state index contributed by atoms with van der Waals surface area (Å²) in [5.41, 5.74) is 8.02. The summed E-state index contributed by atoms with van der Waals surface area (Å²) in [5, 5.41) is 0. The van der Waals surface area contributed by atoms with E-state index in [4.69, 9.17) is 15.2 Å². The molecule has 1 aromatic rings. The third-order valence-electron chi connectivity index (χ3n) is 2.53. The Morgan fingerprint density at radius 2 is 1.94 bits per heavy atom. The molecule has 0 spiro atoms. The zero-order chi connectivity index (χ0) is 12.3. The van der Waals surface area contributed by atoms with E-state index in [1.165, 1.54) is 5.56 Å². The number of benzene rings is 1. The molecule has 0 saturated heterocycles. The molecule has 0 aliphatic carbocycles. The zero-order valence-corrected chi connectivity index (χ0v) is 11.7. The summed E-state index contributed by atoms with van der Waals surface area (Å²) in [5.74, 6) is 1.82. The van der Waals surface area contributed by atoms with Crippen molar-refractivity contribution < 1.29 is 9.47 Å². The van der Waals surface area contributed by atoms with Crippen LogP contribution in [-0.2, 0) is 6.54 Å². The second-order valence-corrected chi connectivity index (χ2v) is 4.65. The minimum absolute atomic E-state index is 0.382. The van der Waals surface area contributed by atoms with Gasteiger partial charge in [0.05, 0.1) is 18.7 Å². The van der Waals surface area contributed by atoms with E-state index in [-0.39, 0.29) is 0 Å². The second kappa shape index (κ2) is 5.55. The Morgan fingerprint density at radius 1 is 1.31 bits per heavy atom. The summed E-state index contributed by atoms with van der Waals surface area (Å²) in [7, 11) is 3.26. The smallest absolute Gasteiger partial charge is 0.175 e. The molecule has 0 heterocycles. The first-order valence-corrected chi connectivity index (χ1v) is 5.99. The average Bonchev–Trinajstić information content (AvgIpc) is 2.26. The molecule has 0 saturated carbocycles. The molecule has 3 nitrogen and oxygen atoms in total. The van der Waals surface area contributed by atoms with Crippen molar-refractivity contribution in [3.8, 4) is 11.5 Å². The lowest BCUT2D eigenvalue weighted by atomic mass is 9.96. The SMILES string of the molecule is COc1cc(CN)c(C(C)C)c(Br)c1OC. The van der Waals surface area contributed by atoms with Crippen LogP contribution < -0.4 is 15.2 Å². The summed E-state index contributed by atoms with van der Waals surface area (Å²) >= 11 is 3.56. The third-order valence-corrected chi connectivity index (χ3v) is 3.32. The molecule has 1 rings (SSSR count). The summed E-state index contributed by atoms with van der Waals surface area (Å²) in [6, 6.07) is 1.94. The highest BCUT2D eigenvalue weighted by molar-refractivity contribution is 9.10. The lowest BCUT2D eigenvalue weighted by Gasteiger charge is -2.19. The van der Waals surface area contributed by atoms with Crippen molar-refractivity contribution in [1.29, 1.82) is 0 Å². The third kappa shape index (κ3) is 2.33. The van der Waals surface area contributed by atoms with E-state index in [0.717, 1.165) is 15.8 Å². The van der Waals surface area contributed by atoms with Gasteiger partial charge in [0.1, 0.15) is 0 Å². The van der Waals surface area contributed by atoms with Gasteiger partial charge in [-0.25, -0.2) is 0 Å². The molecule has 0 bridgehead atoms. The molecule has 0 radical (unpaired) electrons. The molecule has 0 aliphatic heterocycles. The molecule has 1 aromatic carbocycles. The maximum atomic E-state index is 5.76. The van der Waals surface area contributed by atoms with Gasteiger partial charge in [-0.2, -0.15) is 0 Å². The molecule has 0 atom stereocenters. The Morgan fingerprint density at radius 3 is 2.31 bits per heavy atom. The van der Waals surface area contributed by atoms with Crippen molar-refractivity contribution in [2.45, 2.75) is 26.3 Å². The van der Waals surface area contributed by atoms with Crippen molar-refractivity contribution in [2.24, 2.45) is 5.73 Å². The predicted octanol–water partition coefficient (Wildman–Crippen LogP) is 3.05. The van der Waals surface area contributed by atoms with Crippen molar-refractivity contribution in [2.75, 3.05) is 14.2 Å². The maximum Gasteiger partial charge on any atom is 0.175 e. The molecule has 4 heteroatoms. The highest BCUT2D eigenvalue weighted by Gasteiger charge is 2.18. The van der Waals surface area contributed by atoms with Crippen LogP contribution >= 0.6 is 15.9 Å². The Kier molecular flexibility index (Phi) is 4.62. The molecule has 2 N–H and O–H groups in total. The van der Waals surface area contributed by atoms with E-state index < -0.39 is 0 Å². The van der Waals surface area contributed by atoms with Gasteiger partial charge in [-0.05, 0) is 39.0 Å². The van der Waals surface area contributed by atoms with Gasteiger partial charge in [0.25, 0.3) is 0 Å². The van der Waals surface area contributed by atoms with Crippen LogP contribution in [0.5, 0.6) is 11.5 Å². The minimum atomic E-state index is 0.382. The molecule has 0 aromatic heterocycles. The molecule has 0 amide bonds. The number of methoxy groups -OCH3 is 2. The van der Waals surface area contributed by atoms with Gasteiger partial charge < -0.3 is 15.2 Å². The van der Waals surface area contributed by atoms with Crippen LogP contribution in [0.1, 0.15) is 30.9 Å². The first-order chi connectivity index (χ1) is 7.56. The Bertz CT molecular complexity index is 378. The van der Waals surface area contributed by atoms with Crippen molar-refractivity contribution in [1.82, 2.24) is 0 Å². The fraction of sp³-hybridized carbons (Fsp3) is 0.500. The number of ether oxygens (including phenoxy) is 2. The van der Waals surface area contributed by atoms with E-state index in [1.54, 1.807) is 14.2 Å². The lowest BCUT2D eigenvalue weighted by molar-refractivity contribution is 0.352. The van der Waals surface area contributed by atoms with Gasteiger partial charge in [-0.1, -0.05) is 13.8 Å². The van der Waals surface area contributed by atoms with Gasteiger partial charge in [-0.3, -0.25) is 0 Å². The fourth-order valence-electron chi connectivity index (χ4n) is 1.81. The Hall–Kier alpha value is -0.740. The van der Waals surface area contributed by atoms with Gasteiger partial charge in [0.15, 0.2) is 11.5 Å². The summed E-state index contributed by atoms with van der Waals surface area (Å²) in [4.78, 5) is 0. The van der Waals surface area contributed by atoms with Crippen LogP contribution in [0.4, 0.5) is 0 Å². The average molecular weight is 288 g/mol. The van der Waals surface area contributed by atoms with Gasteiger partial charge >= 0.3 is 0 Å². The molecule has 90 valence electrons. The summed E-state index contributed by atoms with van der Waals surface area (Å²) in [6.07, 6.45) is 0. The molecule has 16 heavy (non-hydrogen) atoms. The topological polar surface area (TPSA) is 44.5 Å². The Balaban J connectivity index is 3.48. The van der Waals surface area contributed by atoms with Gasteiger partial charge in [-0.15, -0.1) is 0 Å². The van der Waals surface area contributed by atoms with E-state index in [9.17, 15) is 0 Å². The number of halogens is 1. The van der Waals surface area contributed by atoms with E-state index in [0.29, 0.717) is 18.2 Å². The van der Waals surface area contributed by atoms with Crippen molar-refractivity contribution in [3.63, 3.8) is 0 Å². The number of hydrogen-bond acceptors (Lipinski definition) is 3. The summed E-state index contributed by atoms with van der Waals surface area (Å²) < 4.78 is 11.6. The molecule has 0 aliphatic rings. The number of nitrogens with two attached hydrogens (primary N) is 1. The quantitative estimate of drug-likeness (QED) is 0.926. The largest absolute Gasteiger partial charge is 0.493 e. The van der Waals surface area contributed by atoms with Crippen LogP contribution in [0, 0.1) is 0 Å². The standard InChI is InChI=1S/C12H18BrNO2/c1-7(2)10-8(6-14)5-9(15-3)12(16-4)11(10)13/h5,7H,6,14H2,1-4H3. The minimum Gasteiger partial charge on any atom is -0.493 e. The Labute approximate surface area is 105 Å². The van der Waals surface area contributed by atoms with Crippen molar-refractivity contribution in [3.05, 3.63) is 21.7 Å². The van der Waals surface area contributed by atoms with E-state index in [1.807, 2.05) is 6.07 Å². The maximum absolute atomic E-state index is 5.76. The fourth-order valence-corrected chi connectivity index (χ4v) is 2.88. The predicted molar refractivity (Wildman–Crippen MR) is 69.2 cm³/mol. The normalized spacial score (nSPS) is 10.7. The monoisotopic (exact) mass is 287 g/mol. The molecule has 0 unspecified atom stereocenters. The molecule has 0 fully saturated rings. The van der Waals surface area contributed by atoms with Crippen LogP contribution in [0.25, 0.3) is 0 Å². The highest BCUT2D eigenvalue weighted by Crippen LogP contribution is 2.42. The van der Waals surface area contributed by atoms with E-state index >= 15 is 0 Å². The van der Waals surface area contributed by atoms with Crippen LogP contribution in [0.15, 0.2) is 10.5 Å². The van der Waals surface area contributed by atoms with Crippen LogP contribution in [0.2, 0.25) is 0 Å². The van der Waals surface area contributed by atoms with Crippen LogP contribution in [-0.4, -0.2) is 14.2 Å². The molecular weight excluding hydrogens is 270 g/mol.